The third kappa shape index (κ3) is 8.43. The number of rotatable bonds is 8. The fourth-order valence-corrected chi connectivity index (χ4v) is 5.72. The number of hydrogen-bond acceptors (Lipinski definition) is 7. The number of halogens is 1. The van der Waals surface area contributed by atoms with Crippen molar-refractivity contribution in [2.24, 2.45) is 0 Å². The summed E-state index contributed by atoms with van der Waals surface area (Å²) in [6, 6.07) is 14.4. The number of ether oxygens (including phenoxy) is 1. The molecule has 2 aromatic carbocycles. The molecule has 0 bridgehead atoms. The van der Waals surface area contributed by atoms with Gasteiger partial charge in [-0.2, -0.15) is 8.42 Å². The third-order valence-electron chi connectivity index (χ3n) is 6.91. The Morgan fingerprint density at radius 2 is 1.71 bits per heavy atom. The van der Waals surface area contributed by atoms with Crippen LogP contribution in [0.5, 0.6) is 0 Å². The zero-order valence-corrected chi connectivity index (χ0v) is 25.0. The second-order valence-electron chi connectivity index (χ2n) is 11.0. The maximum absolute atomic E-state index is 13.7. The summed E-state index contributed by atoms with van der Waals surface area (Å²) < 4.78 is 30.0. The molecule has 11 heteroatoms. The summed E-state index contributed by atoms with van der Waals surface area (Å²) in [4.78, 5) is 34.0. The van der Waals surface area contributed by atoms with Crippen LogP contribution in [0.3, 0.4) is 0 Å². The Labute approximate surface area is 247 Å². The Hall–Kier alpha value is -3.63. The summed E-state index contributed by atoms with van der Waals surface area (Å²) in [5, 5.41) is 5.00. The largest absolute Gasteiger partial charge is 0.444 e. The van der Waals surface area contributed by atoms with E-state index >= 15 is 0 Å². The van der Waals surface area contributed by atoms with Crippen molar-refractivity contribution < 1.29 is 22.7 Å². The van der Waals surface area contributed by atoms with E-state index < -0.39 is 22.0 Å². The quantitative estimate of drug-likeness (QED) is 0.296. The summed E-state index contributed by atoms with van der Waals surface area (Å²) in [5.74, 6) is -0.311. The number of aromatic nitrogens is 1. The number of benzene rings is 2. The first kappa shape index (κ1) is 30.3. The molecule has 1 aliphatic heterocycles. The van der Waals surface area contributed by atoms with E-state index in [2.05, 4.69) is 15.2 Å². The summed E-state index contributed by atoms with van der Waals surface area (Å²) in [7, 11) is -2.61. The smallest absolute Gasteiger partial charge is 0.407 e. The van der Waals surface area contributed by atoms with Gasteiger partial charge in [0.05, 0.1) is 11.3 Å². The molecule has 0 saturated carbocycles. The monoisotopic (exact) mass is 598 g/mol. The molecule has 218 valence electrons. The summed E-state index contributed by atoms with van der Waals surface area (Å²) in [6.45, 7) is 7.21. The highest BCUT2D eigenvalue weighted by molar-refractivity contribution is 7.73. The minimum Gasteiger partial charge on any atom is -0.444 e. The molecule has 41 heavy (non-hydrogen) atoms. The van der Waals surface area contributed by atoms with Crippen LogP contribution in [-0.4, -0.2) is 73.0 Å². The van der Waals surface area contributed by atoms with Gasteiger partial charge in [0, 0.05) is 55.3 Å². The highest BCUT2D eigenvalue weighted by Crippen LogP contribution is 2.24. The number of hydrogen-bond donors (Lipinski definition) is 1. The number of alkyl carbamates (subject to hydrolysis) is 1. The number of anilines is 1. The van der Waals surface area contributed by atoms with Gasteiger partial charge in [0.25, 0.3) is 0 Å². The SMILES string of the molecule is CC(C)(C)OC(=O)NCCN(C(=O)CC(c1ccc2cc(Cl)ccc2c1)=S(=O)=O)C1CCN(c2ccncc2)CC1. The van der Waals surface area contributed by atoms with Crippen molar-refractivity contribution >= 4 is 55.2 Å². The molecule has 0 aliphatic carbocycles. The van der Waals surface area contributed by atoms with E-state index in [1.807, 2.05) is 18.2 Å². The Morgan fingerprint density at radius 1 is 1.05 bits per heavy atom. The molecule has 3 aromatic rings. The molecule has 0 unspecified atom stereocenters. The van der Waals surface area contributed by atoms with Gasteiger partial charge in [0.2, 0.25) is 16.2 Å². The Morgan fingerprint density at radius 3 is 2.37 bits per heavy atom. The van der Waals surface area contributed by atoms with Crippen LogP contribution in [0.25, 0.3) is 10.8 Å². The van der Waals surface area contributed by atoms with E-state index in [9.17, 15) is 18.0 Å². The molecule has 4 rings (SSSR count). The van der Waals surface area contributed by atoms with E-state index in [-0.39, 0.29) is 36.3 Å². The lowest BCUT2D eigenvalue weighted by Crippen LogP contribution is -2.50. The third-order valence-corrected chi connectivity index (χ3v) is 7.93. The number of piperidine rings is 1. The van der Waals surface area contributed by atoms with Crippen LogP contribution in [0.1, 0.15) is 45.6 Å². The van der Waals surface area contributed by atoms with Gasteiger partial charge in [-0.25, -0.2) is 4.79 Å². The van der Waals surface area contributed by atoms with Gasteiger partial charge >= 0.3 is 6.09 Å². The maximum atomic E-state index is 13.7. The lowest BCUT2D eigenvalue weighted by Gasteiger charge is -2.39. The molecule has 1 aromatic heterocycles. The van der Waals surface area contributed by atoms with Gasteiger partial charge < -0.3 is 19.9 Å². The average Bonchev–Trinajstić information content (AvgIpc) is 2.93. The molecule has 1 aliphatic rings. The molecular formula is C30H35ClN4O5S. The molecule has 0 atom stereocenters. The minimum atomic E-state index is -2.61. The number of nitrogens with zero attached hydrogens (tertiary/aromatic N) is 3. The summed E-state index contributed by atoms with van der Waals surface area (Å²) >= 11 is 6.09. The highest BCUT2D eigenvalue weighted by atomic mass is 35.5. The van der Waals surface area contributed by atoms with Crippen LogP contribution < -0.4 is 10.2 Å². The van der Waals surface area contributed by atoms with Gasteiger partial charge in [0.1, 0.15) is 5.60 Å². The van der Waals surface area contributed by atoms with E-state index in [4.69, 9.17) is 16.3 Å². The molecule has 0 radical (unpaired) electrons. The van der Waals surface area contributed by atoms with Crippen molar-refractivity contribution in [3.63, 3.8) is 0 Å². The predicted octanol–water partition coefficient (Wildman–Crippen LogP) is 4.70. The van der Waals surface area contributed by atoms with Crippen molar-refractivity contribution in [2.45, 2.75) is 51.7 Å². The van der Waals surface area contributed by atoms with Gasteiger partial charge in [-0.05, 0) is 80.3 Å². The molecule has 0 spiro atoms. The maximum Gasteiger partial charge on any atom is 0.407 e. The van der Waals surface area contributed by atoms with E-state index in [1.165, 1.54) is 0 Å². The van der Waals surface area contributed by atoms with Crippen LogP contribution in [0.15, 0.2) is 60.9 Å². The lowest BCUT2D eigenvalue weighted by molar-refractivity contribution is -0.132. The van der Waals surface area contributed by atoms with E-state index in [0.717, 1.165) is 29.5 Å². The number of fused-ring (bicyclic) bond motifs is 1. The van der Waals surface area contributed by atoms with Crippen molar-refractivity contribution in [2.75, 3.05) is 31.1 Å². The fourth-order valence-electron chi connectivity index (χ4n) is 4.98. The molecule has 9 nitrogen and oxygen atoms in total. The average molecular weight is 599 g/mol. The number of carbonyl (C=O) groups excluding carboxylic acids is 2. The van der Waals surface area contributed by atoms with Crippen LogP contribution in [0.2, 0.25) is 5.02 Å². The minimum absolute atomic E-state index is 0.0196. The molecular weight excluding hydrogens is 564 g/mol. The van der Waals surface area contributed by atoms with Crippen LogP contribution >= 0.6 is 11.6 Å². The van der Waals surface area contributed by atoms with E-state index in [0.29, 0.717) is 23.4 Å². The van der Waals surface area contributed by atoms with Crippen LogP contribution in [0, 0.1) is 0 Å². The van der Waals surface area contributed by atoms with Crippen LogP contribution in [0.4, 0.5) is 10.5 Å². The van der Waals surface area contributed by atoms with Crippen molar-refractivity contribution in [1.82, 2.24) is 15.2 Å². The number of amides is 2. The van der Waals surface area contributed by atoms with Crippen molar-refractivity contribution in [3.05, 3.63) is 71.5 Å². The summed E-state index contributed by atoms with van der Waals surface area (Å²) in [6.07, 6.45) is 4.05. The Balaban J connectivity index is 1.51. The van der Waals surface area contributed by atoms with Crippen molar-refractivity contribution in [3.8, 4) is 0 Å². The topological polar surface area (TPSA) is 109 Å². The van der Waals surface area contributed by atoms with Crippen LogP contribution in [-0.2, 0) is 19.8 Å². The molecule has 2 amide bonds. The standard InChI is InChI=1S/C30H35ClN4O5S/c1-30(2,3)40-29(37)33-14-17-35(26-10-15-34(16-11-26)25-8-12-32-13-9-25)28(36)20-27(41(38)39)23-5-4-22-19-24(31)7-6-21(22)18-23/h4-9,12-13,18-19,26H,10-11,14-17,20H2,1-3H3,(H,33,37). The predicted molar refractivity (Wildman–Crippen MR) is 162 cm³/mol. The lowest BCUT2D eigenvalue weighted by atomic mass is 10.00. The molecule has 1 fully saturated rings. The van der Waals surface area contributed by atoms with Gasteiger partial charge in [-0.1, -0.05) is 29.8 Å². The molecule has 2 heterocycles. The van der Waals surface area contributed by atoms with Crippen molar-refractivity contribution in [1.29, 1.82) is 0 Å². The number of carbonyl (C=O) groups is 2. The Kier molecular flexibility index (Phi) is 9.88. The fraction of sp³-hybridized carbons (Fsp3) is 0.400. The Bertz CT molecular complexity index is 1520. The first-order valence-corrected chi connectivity index (χ1v) is 15.0. The highest BCUT2D eigenvalue weighted by Gasteiger charge is 2.29. The molecule has 1 N–H and O–H groups in total. The number of nitrogens with one attached hydrogen (secondary N) is 1. The van der Waals surface area contributed by atoms with Gasteiger partial charge in [-0.3, -0.25) is 9.78 Å². The normalized spacial score (nSPS) is 14.0. The second-order valence-corrected chi connectivity index (χ2v) is 12.4. The van der Waals surface area contributed by atoms with E-state index in [1.54, 1.807) is 68.4 Å². The summed E-state index contributed by atoms with van der Waals surface area (Å²) in [5.41, 5.74) is 0.880. The zero-order valence-electron chi connectivity index (χ0n) is 23.5. The first-order chi connectivity index (χ1) is 19.5. The number of pyridine rings is 1. The second kappa shape index (κ2) is 13.4. The molecule has 1 saturated heterocycles. The van der Waals surface area contributed by atoms with Gasteiger partial charge in [0.15, 0.2) is 0 Å². The first-order valence-electron chi connectivity index (χ1n) is 13.6. The van der Waals surface area contributed by atoms with Gasteiger partial charge in [-0.15, -0.1) is 0 Å². The zero-order chi connectivity index (χ0) is 29.6.